The SMILES string of the molecule is CC1(N)CCCCC1C(=O)NCC1CCN(C(=O)C(F)(F)F)CC1. The molecule has 0 aromatic carbocycles. The quantitative estimate of drug-likeness (QED) is 0.816. The fourth-order valence-corrected chi connectivity index (χ4v) is 3.68. The summed E-state index contributed by atoms with van der Waals surface area (Å²) in [6.07, 6.45) is -0.265. The van der Waals surface area contributed by atoms with E-state index in [1.54, 1.807) is 0 Å². The van der Waals surface area contributed by atoms with Crippen molar-refractivity contribution >= 4 is 11.8 Å². The predicted octanol–water partition coefficient (Wildman–Crippen LogP) is 1.81. The van der Waals surface area contributed by atoms with Crippen LogP contribution in [0.5, 0.6) is 0 Å². The Kier molecular flexibility index (Phi) is 5.78. The number of alkyl halides is 3. The molecule has 0 bridgehead atoms. The van der Waals surface area contributed by atoms with Gasteiger partial charge in [-0.3, -0.25) is 9.59 Å². The van der Waals surface area contributed by atoms with Crippen molar-refractivity contribution in [2.75, 3.05) is 19.6 Å². The highest BCUT2D eigenvalue weighted by atomic mass is 19.4. The third kappa shape index (κ3) is 4.62. The number of rotatable bonds is 3. The molecule has 1 heterocycles. The average Bonchev–Trinajstić information content (AvgIpc) is 2.51. The van der Waals surface area contributed by atoms with E-state index < -0.39 is 17.6 Å². The topological polar surface area (TPSA) is 75.4 Å². The molecule has 138 valence electrons. The molecular formula is C16H26F3N3O2. The Hall–Kier alpha value is -1.31. The normalized spacial score (nSPS) is 29.4. The Morgan fingerprint density at radius 1 is 1.21 bits per heavy atom. The first-order valence-electron chi connectivity index (χ1n) is 8.54. The summed E-state index contributed by atoms with van der Waals surface area (Å²) in [6.45, 7) is 2.49. The molecule has 5 nitrogen and oxygen atoms in total. The molecule has 0 aromatic heterocycles. The standard InChI is InChI=1S/C16H26F3N3O2/c1-15(20)7-3-2-4-12(15)13(23)21-10-11-5-8-22(9-6-11)14(24)16(17,18)19/h11-12H,2-10,20H2,1H3,(H,21,23). The van der Waals surface area contributed by atoms with Crippen LogP contribution >= 0.6 is 0 Å². The molecular weight excluding hydrogens is 323 g/mol. The van der Waals surface area contributed by atoms with Gasteiger partial charge in [-0.25, -0.2) is 0 Å². The van der Waals surface area contributed by atoms with Gasteiger partial charge in [0.15, 0.2) is 0 Å². The van der Waals surface area contributed by atoms with Crippen LogP contribution in [0.3, 0.4) is 0 Å². The molecule has 2 aliphatic rings. The van der Waals surface area contributed by atoms with Gasteiger partial charge in [-0.2, -0.15) is 13.2 Å². The Morgan fingerprint density at radius 2 is 1.83 bits per heavy atom. The van der Waals surface area contributed by atoms with Crippen molar-refractivity contribution in [1.82, 2.24) is 10.2 Å². The molecule has 0 aromatic rings. The van der Waals surface area contributed by atoms with Gasteiger partial charge in [0.2, 0.25) is 5.91 Å². The zero-order valence-electron chi connectivity index (χ0n) is 14.0. The van der Waals surface area contributed by atoms with Crippen molar-refractivity contribution in [3.8, 4) is 0 Å². The third-order valence-corrected chi connectivity index (χ3v) is 5.28. The highest BCUT2D eigenvalue weighted by Gasteiger charge is 2.43. The summed E-state index contributed by atoms with van der Waals surface area (Å²) in [4.78, 5) is 24.4. The number of halogens is 3. The molecule has 1 aliphatic carbocycles. The van der Waals surface area contributed by atoms with E-state index >= 15 is 0 Å². The molecule has 1 saturated heterocycles. The Balaban J connectivity index is 1.76. The van der Waals surface area contributed by atoms with Crippen molar-refractivity contribution in [2.24, 2.45) is 17.6 Å². The lowest BCUT2D eigenvalue weighted by molar-refractivity contribution is -0.186. The summed E-state index contributed by atoms with van der Waals surface area (Å²) in [6, 6.07) is 0. The Bertz CT molecular complexity index is 472. The van der Waals surface area contributed by atoms with Crippen molar-refractivity contribution in [2.45, 2.75) is 57.2 Å². The summed E-state index contributed by atoms with van der Waals surface area (Å²) < 4.78 is 37.2. The van der Waals surface area contributed by atoms with Crippen molar-refractivity contribution < 1.29 is 22.8 Å². The number of nitrogens with zero attached hydrogens (tertiary/aromatic N) is 1. The van der Waals surface area contributed by atoms with Crippen LogP contribution in [0.25, 0.3) is 0 Å². The monoisotopic (exact) mass is 349 g/mol. The molecule has 2 amide bonds. The van der Waals surface area contributed by atoms with Crippen molar-refractivity contribution in [3.05, 3.63) is 0 Å². The maximum absolute atomic E-state index is 12.4. The molecule has 1 aliphatic heterocycles. The number of hydrogen-bond donors (Lipinski definition) is 2. The molecule has 1 saturated carbocycles. The maximum atomic E-state index is 12.4. The summed E-state index contributed by atoms with van der Waals surface area (Å²) >= 11 is 0. The van der Waals surface area contributed by atoms with Gasteiger partial charge in [0.1, 0.15) is 0 Å². The molecule has 2 rings (SSSR count). The lowest BCUT2D eigenvalue weighted by Gasteiger charge is -2.38. The zero-order chi connectivity index (χ0) is 18.0. The average molecular weight is 349 g/mol. The molecule has 0 radical (unpaired) electrons. The van der Waals surface area contributed by atoms with Gasteiger partial charge in [-0.05, 0) is 38.5 Å². The van der Waals surface area contributed by atoms with E-state index in [2.05, 4.69) is 5.32 Å². The van der Waals surface area contributed by atoms with Crippen LogP contribution in [0.1, 0.15) is 45.4 Å². The minimum Gasteiger partial charge on any atom is -0.356 e. The first-order valence-corrected chi connectivity index (χ1v) is 8.54. The van der Waals surface area contributed by atoms with E-state index in [1.165, 1.54) is 0 Å². The van der Waals surface area contributed by atoms with Crippen LogP contribution in [0.15, 0.2) is 0 Å². The molecule has 3 N–H and O–H groups in total. The van der Waals surface area contributed by atoms with Gasteiger partial charge < -0.3 is 16.0 Å². The van der Waals surface area contributed by atoms with Gasteiger partial charge in [0, 0.05) is 25.2 Å². The van der Waals surface area contributed by atoms with Crippen LogP contribution < -0.4 is 11.1 Å². The highest BCUT2D eigenvalue weighted by molar-refractivity contribution is 5.82. The Labute approximate surface area is 140 Å². The fraction of sp³-hybridized carbons (Fsp3) is 0.875. The molecule has 24 heavy (non-hydrogen) atoms. The second kappa shape index (κ2) is 7.29. The van der Waals surface area contributed by atoms with Crippen LogP contribution in [-0.2, 0) is 9.59 Å². The van der Waals surface area contributed by atoms with E-state index in [0.717, 1.165) is 30.6 Å². The minimum atomic E-state index is -4.81. The number of likely N-dealkylation sites (tertiary alicyclic amines) is 1. The van der Waals surface area contributed by atoms with E-state index in [9.17, 15) is 22.8 Å². The van der Waals surface area contributed by atoms with E-state index in [0.29, 0.717) is 19.4 Å². The summed E-state index contributed by atoms with van der Waals surface area (Å²) in [7, 11) is 0. The zero-order valence-corrected chi connectivity index (χ0v) is 14.0. The second-order valence-electron chi connectivity index (χ2n) is 7.28. The van der Waals surface area contributed by atoms with Gasteiger partial charge in [0.25, 0.3) is 0 Å². The third-order valence-electron chi connectivity index (χ3n) is 5.28. The number of nitrogens with one attached hydrogen (secondary N) is 1. The van der Waals surface area contributed by atoms with Crippen molar-refractivity contribution in [1.29, 1.82) is 0 Å². The summed E-state index contributed by atoms with van der Waals surface area (Å²) in [5, 5.41) is 2.91. The second-order valence-corrected chi connectivity index (χ2v) is 7.28. The predicted molar refractivity (Wildman–Crippen MR) is 82.9 cm³/mol. The number of amides is 2. The number of carbonyl (C=O) groups is 2. The summed E-state index contributed by atoms with van der Waals surface area (Å²) in [5.74, 6) is -1.95. The van der Waals surface area contributed by atoms with Gasteiger partial charge in [0.05, 0.1) is 5.92 Å². The number of hydrogen-bond acceptors (Lipinski definition) is 3. The fourth-order valence-electron chi connectivity index (χ4n) is 3.68. The van der Waals surface area contributed by atoms with E-state index in [4.69, 9.17) is 5.73 Å². The van der Waals surface area contributed by atoms with Gasteiger partial charge >= 0.3 is 12.1 Å². The number of carbonyl (C=O) groups excluding carboxylic acids is 2. The molecule has 0 spiro atoms. The van der Waals surface area contributed by atoms with Crippen LogP contribution in [0.2, 0.25) is 0 Å². The number of nitrogens with two attached hydrogens (primary N) is 1. The first-order chi connectivity index (χ1) is 11.1. The smallest absolute Gasteiger partial charge is 0.356 e. The minimum absolute atomic E-state index is 0.0616. The van der Waals surface area contributed by atoms with Crippen LogP contribution in [0, 0.1) is 11.8 Å². The van der Waals surface area contributed by atoms with Gasteiger partial charge in [-0.15, -0.1) is 0 Å². The Morgan fingerprint density at radius 3 is 2.38 bits per heavy atom. The molecule has 2 atom stereocenters. The molecule has 2 fully saturated rings. The maximum Gasteiger partial charge on any atom is 0.471 e. The lowest BCUT2D eigenvalue weighted by atomic mass is 9.74. The first kappa shape index (κ1) is 19.0. The summed E-state index contributed by atoms with van der Waals surface area (Å²) in [5.41, 5.74) is 5.72. The number of piperidine rings is 1. The largest absolute Gasteiger partial charge is 0.471 e. The van der Waals surface area contributed by atoms with E-state index in [1.807, 2.05) is 6.92 Å². The van der Waals surface area contributed by atoms with Gasteiger partial charge in [-0.1, -0.05) is 12.8 Å². The van der Waals surface area contributed by atoms with Crippen LogP contribution in [-0.4, -0.2) is 48.1 Å². The molecule has 2 unspecified atom stereocenters. The van der Waals surface area contributed by atoms with E-state index in [-0.39, 0.29) is 30.8 Å². The van der Waals surface area contributed by atoms with Crippen molar-refractivity contribution in [3.63, 3.8) is 0 Å². The lowest BCUT2D eigenvalue weighted by Crippen LogP contribution is -2.53. The van der Waals surface area contributed by atoms with Crippen LogP contribution in [0.4, 0.5) is 13.2 Å². The highest BCUT2D eigenvalue weighted by Crippen LogP contribution is 2.32. The molecule has 8 heteroatoms.